The first-order chi connectivity index (χ1) is 12.0. The van der Waals surface area contributed by atoms with Crippen molar-refractivity contribution in [3.05, 3.63) is 0 Å². The molecule has 25 heavy (non-hydrogen) atoms. The molecule has 4 aliphatic carbocycles. The fraction of sp³-hybridized carbons (Fsp3) is 0.955. The van der Waals surface area contributed by atoms with Crippen LogP contribution in [0.25, 0.3) is 0 Å². The maximum atomic E-state index is 12.2. The van der Waals surface area contributed by atoms with Gasteiger partial charge in [0.1, 0.15) is 5.78 Å². The van der Waals surface area contributed by atoms with E-state index in [4.69, 9.17) is 9.47 Å². The number of ketones is 1. The first-order valence-electron chi connectivity index (χ1n) is 10.6. The Morgan fingerprint density at radius 1 is 1.04 bits per heavy atom. The fourth-order valence-corrected chi connectivity index (χ4v) is 7.98. The number of fused-ring (bicyclic) bond motifs is 5. The number of hydrogen-bond donors (Lipinski definition) is 0. The summed E-state index contributed by atoms with van der Waals surface area (Å²) in [7, 11) is 3.74. The second kappa shape index (κ2) is 6.64. The van der Waals surface area contributed by atoms with Crippen LogP contribution in [0, 0.1) is 34.5 Å². The fourth-order valence-electron chi connectivity index (χ4n) is 7.98. The minimum Gasteiger partial charge on any atom is -0.385 e. The summed E-state index contributed by atoms with van der Waals surface area (Å²) in [6, 6.07) is 0. The van der Waals surface area contributed by atoms with E-state index >= 15 is 0 Å². The van der Waals surface area contributed by atoms with Gasteiger partial charge in [-0.15, -0.1) is 0 Å². The van der Waals surface area contributed by atoms with Crippen molar-refractivity contribution in [3.8, 4) is 0 Å². The number of rotatable bonds is 4. The molecule has 3 heteroatoms. The second-order valence-corrected chi connectivity index (χ2v) is 9.72. The lowest BCUT2D eigenvalue weighted by Gasteiger charge is -2.61. The zero-order valence-corrected chi connectivity index (χ0v) is 16.4. The molecular formula is C22H36O3. The molecule has 4 fully saturated rings. The Balaban J connectivity index is 1.64. The Kier molecular flexibility index (Phi) is 4.77. The van der Waals surface area contributed by atoms with Gasteiger partial charge in [0.2, 0.25) is 0 Å². The van der Waals surface area contributed by atoms with Crippen LogP contribution in [0.15, 0.2) is 0 Å². The molecule has 4 rings (SSSR count). The van der Waals surface area contributed by atoms with E-state index in [1.54, 1.807) is 0 Å². The van der Waals surface area contributed by atoms with Gasteiger partial charge in [-0.25, -0.2) is 0 Å². The lowest BCUT2D eigenvalue weighted by Crippen LogP contribution is -2.55. The van der Waals surface area contributed by atoms with Gasteiger partial charge in [0.25, 0.3) is 0 Å². The first kappa shape index (κ1) is 18.0. The zero-order valence-electron chi connectivity index (χ0n) is 16.4. The highest BCUT2D eigenvalue weighted by atomic mass is 16.5. The Morgan fingerprint density at radius 2 is 1.88 bits per heavy atom. The lowest BCUT2D eigenvalue weighted by atomic mass is 9.44. The molecule has 0 aromatic heterocycles. The molecule has 0 spiro atoms. The molecule has 0 amide bonds. The Labute approximate surface area is 153 Å². The number of methoxy groups -OCH3 is 2. The van der Waals surface area contributed by atoms with Gasteiger partial charge in [-0.05, 0) is 85.9 Å². The van der Waals surface area contributed by atoms with E-state index in [1.165, 1.54) is 44.9 Å². The van der Waals surface area contributed by atoms with Gasteiger partial charge in [-0.2, -0.15) is 0 Å². The number of carbonyl (C=O) groups is 1. The van der Waals surface area contributed by atoms with Crippen molar-refractivity contribution in [1.82, 2.24) is 0 Å². The number of carbonyl (C=O) groups excluding carboxylic acids is 1. The van der Waals surface area contributed by atoms with Crippen molar-refractivity contribution in [1.29, 1.82) is 0 Å². The molecule has 0 aromatic carbocycles. The molecule has 4 saturated carbocycles. The summed E-state index contributed by atoms with van der Waals surface area (Å²) in [6.45, 7) is 3.36. The number of ether oxygens (including phenoxy) is 2. The molecule has 142 valence electrons. The smallest absolute Gasteiger partial charge is 0.133 e. The van der Waals surface area contributed by atoms with Gasteiger partial charge in [-0.3, -0.25) is 4.79 Å². The highest BCUT2D eigenvalue weighted by Crippen LogP contribution is 2.67. The van der Waals surface area contributed by atoms with E-state index in [9.17, 15) is 4.79 Å². The highest BCUT2D eigenvalue weighted by molar-refractivity contribution is 5.79. The molecule has 4 aliphatic rings. The van der Waals surface area contributed by atoms with Crippen LogP contribution >= 0.6 is 0 Å². The predicted octanol–water partition coefficient (Wildman–Crippen LogP) is 4.63. The van der Waals surface area contributed by atoms with Crippen molar-refractivity contribution < 1.29 is 14.3 Å². The summed E-state index contributed by atoms with van der Waals surface area (Å²) < 4.78 is 11.4. The Morgan fingerprint density at radius 3 is 2.64 bits per heavy atom. The second-order valence-electron chi connectivity index (χ2n) is 9.72. The quantitative estimate of drug-likeness (QED) is 0.743. The summed E-state index contributed by atoms with van der Waals surface area (Å²) in [5, 5.41) is 0. The third kappa shape index (κ3) is 2.64. The van der Waals surface area contributed by atoms with Crippen LogP contribution in [0.3, 0.4) is 0 Å². The predicted molar refractivity (Wildman–Crippen MR) is 98.4 cm³/mol. The van der Waals surface area contributed by atoms with E-state index < -0.39 is 0 Å². The number of Topliss-reactive ketones (excluding diaryl/α,β-unsaturated/α-hetero) is 1. The summed E-state index contributed by atoms with van der Waals surface area (Å²) >= 11 is 0. The maximum Gasteiger partial charge on any atom is 0.133 e. The van der Waals surface area contributed by atoms with Crippen LogP contribution in [0.2, 0.25) is 0 Å². The molecule has 0 unspecified atom stereocenters. The molecular weight excluding hydrogens is 312 g/mol. The van der Waals surface area contributed by atoms with E-state index in [-0.39, 0.29) is 0 Å². The van der Waals surface area contributed by atoms with Crippen LogP contribution in [0.4, 0.5) is 0 Å². The molecule has 7 atom stereocenters. The van der Waals surface area contributed by atoms with Crippen LogP contribution in [-0.2, 0) is 14.3 Å². The third-order valence-corrected chi connectivity index (χ3v) is 9.15. The first-order valence-corrected chi connectivity index (χ1v) is 10.6. The van der Waals surface area contributed by atoms with Crippen molar-refractivity contribution in [2.45, 2.75) is 77.2 Å². The van der Waals surface area contributed by atoms with Gasteiger partial charge < -0.3 is 9.47 Å². The van der Waals surface area contributed by atoms with Crippen molar-refractivity contribution >= 4 is 5.78 Å². The SMILES string of the molecule is COCC[C@]12CCC(=O)C[C@@H]1CC[C@H]1[C@@H]3CC[C@H](OC)[C@@]3(C)CC[C@@H]12. The van der Waals surface area contributed by atoms with E-state index in [2.05, 4.69) is 6.92 Å². The van der Waals surface area contributed by atoms with Crippen molar-refractivity contribution in [2.24, 2.45) is 34.5 Å². The molecule has 0 aliphatic heterocycles. The summed E-state index contributed by atoms with van der Waals surface area (Å²) in [6.07, 6.45) is 12.3. The Hall–Kier alpha value is -0.410. The monoisotopic (exact) mass is 348 g/mol. The van der Waals surface area contributed by atoms with Gasteiger partial charge in [0.15, 0.2) is 0 Å². The van der Waals surface area contributed by atoms with Crippen molar-refractivity contribution in [3.63, 3.8) is 0 Å². The molecule has 0 heterocycles. The van der Waals surface area contributed by atoms with Crippen LogP contribution in [0.1, 0.15) is 71.1 Å². The molecule has 0 bridgehead atoms. The molecule has 3 nitrogen and oxygen atoms in total. The van der Waals surface area contributed by atoms with E-state index in [1.807, 2.05) is 14.2 Å². The van der Waals surface area contributed by atoms with Gasteiger partial charge in [0, 0.05) is 33.7 Å². The van der Waals surface area contributed by atoms with Crippen molar-refractivity contribution in [2.75, 3.05) is 20.8 Å². The third-order valence-electron chi connectivity index (χ3n) is 9.15. The number of hydrogen-bond acceptors (Lipinski definition) is 3. The van der Waals surface area contributed by atoms with E-state index in [0.29, 0.717) is 28.6 Å². The highest BCUT2D eigenvalue weighted by Gasteiger charge is 2.61. The largest absolute Gasteiger partial charge is 0.385 e. The minimum atomic E-state index is 0.374. The average Bonchev–Trinajstić information content (AvgIpc) is 2.96. The zero-order chi connectivity index (χ0) is 17.7. The van der Waals surface area contributed by atoms with Crippen LogP contribution in [-0.4, -0.2) is 32.7 Å². The van der Waals surface area contributed by atoms with Crippen LogP contribution < -0.4 is 0 Å². The molecule has 0 aromatic rings. The maximum absolute atomic E-state index is 12.2. The normalized spacial score (nSPS) is 49.4. The standard InChI is InChI=1S/C22H36O3/c1-21-10-9-19-17(18(21)6-7-20(21)25-3)5-4-15-14-16(23)8-11-22(15,19)12-13-24-2/h15,17-20H,4-14H2,1-3H3/t15-,17-,18-,19-,20-,21-,22+/m0/s1. The minimum absolute atomic E-state index is 0.374. The summed E-state index contributed by atoms with van der Waals surface area (Å²) in [5.41, 5.74) is 0.759. The van der Waals surface area contributed by atoms with Gasteiger partial charge in [-0.1, -0.05) is 6.92 Å². The molecule has 0 N–H and O–H groups in total. The van der Waals surface area contributed by atoms with Gasteiger partial charge in [0.05, 0.1) is 6.10 Å². The Bertz CT molecular complexity index is 517. The van der Waals surface area contributed by atoms with Crippen LogP contribution in [0.5, 0.6) is 0 Å². The summed E-state index contributed by atoms with van der Waals surface area (Å²) in [4.78, 5) is 12.2. The van der Waals surface area contributed by atoms with Gasteiger partial charge >= 0.3 is 0 Å². The molecule has 0 saturated heterocycles. The topological polar surface area (TPSA) is 35.5 Å². The molecule has 0 radical (unpaired) electrons. The average molecular weight is 349 g/mol. The van der Waals surface area contributed by atoms with E-state index in [0.717, 1.165) is 43.6 Å². The lowest BCUT2D eigenvalue weighted by molar-refractivity contribution is -0.152. The summed E-state index contributed by atoms with van der Waals surface area (Å²) in [5.74, 6) is 3.61.